The van der Waals surface area contributed by atoms with Gasteiger partial charge in [0.05, 0.1) is 11.1 Å². The highest BCUT2D eigenvalue weighted by atomic mass is 19.4. The maximum absolute atomic E-state index is 13.0. The summed E-state index contributed by atoms with van der Waals surface area (Å²) in [4.78, 5) is 22.2. The number of para-hydroxylation sites is 1. The number of carboxylic acid groups (broad SMARTS) is 2. The first-order valence-corrected chi connectivity index (χ1v) is 7.33. The fourth-order valence-electron chi connectivity index (χ4n) is 2.43. The van der Waals surface area contributed by atoms with E-state index in [1.54, 1.807) is 0 Å². The third kappa shape index (κ3) is 4.53. The smallest absolute Gasteiger partial charge is 0.404 e. The number of ether oxygens (including phenoxy) is 1. The van der Waals surface area contributed by atoms with Crippen LogP contribution in [0.1, 0.15) is 32.2 Å². The van der Waals surface area contributed by atoms with Gasteiger partial charge < -0.3 is 14.9 Å². The lowest BCUT2D eigenvalue weighted by Gasteiger charge is -2.25. The van der Waals surface area contributed by atoms with Gasteiger partial charge in [0.25, 0.3) is 0 Å². The van der Waals surface area contributed by atoms with E-state index in [1.807, 2.05) is 0 Å². The SMILES string of the molecule is O=C(O)c1ccc(Oc2ccccc2C(C(F)(F)F)C(F)(F)F)cc1C(=O)O. The molecule has 2 aromatic rings. The largest absolute Gasteiger partial charge is 0.478 e. The average Bonchev–Trinajstić information content (AvgIpc) is 2.53. The summed E-state index contributed by atoms with van der Waals surface area (Å²) >= 11 is 0. The number of benzene rings is 2. The third-order valence-electron chi connectivity index (χ3n) is 3.56. The number of hydrogen-bond donors (Lipinski definition) is 2. The molecule has 11 heteroatoms. The molecule has 0 spiro atoms. The van der Waals surface area contributed by atoms with E-state index in [4.69, 9.17) is 14.9 Å². The lowest BCUT2D eigenvalue weighted by Crippen LogP contribution is -2.34. The first-order valence-electron chi connectivity index (χ1n) is 7.33. The fraction of sp³-hybridized carbons (Fsp3) is 0.176. The molecule has 2 N–H and O–H groups in total. The van der Waals surface area contributed by atoms with Crippen molar-refractivity contribution in [2.45, 2.75) is 18.3 Å². The maximum atomic E-state index is 13.0. The Morgan fingerprint density at radius 2 is 1.36 bits per heavy atom. The minimum absolute atomic E-state index is 0.446. The number of rotatable bonds is 5. The third-order valence-corrected chi connectivity index (χ3v) is 3.56. The first-order chi connectivity index (χ1) is 12.8. The van der Waals surface area contributed by atoms with Gasteiger partial charge in [-0.2, -0.15) is 26.3 Å². The van der Waals surface area contributed by atoms with Crippen LogP contribution in [0.3, 0.4) is 0 Å². The molecule has 2 aromatic carbocycles. The number of carbonyl (C=O) groups is 2. The van der Waals surface area contributed by atoms with E-state index in [-0.39, 0.29) is 0 Å². The summed E-state index contributed by atoms with van der Waals surface area (Å²) in [5.74, 6) is -8.33. The Hall–Kier alpha value is -3.24. The number of aromatic carboxylic acids is 2. The van der Waals surface area contributed by atoms with Crippen molar-refractivity contribution in [2.24, 2.45) is 0 Å². The monoisotopic (exact) mass is 408 g/mol. The lowest BCUT2D eigenvalue weighted by atomic mass is 9.97. The van der Waals surface area contributed by atoms with Crippen LogP contribution in [0.25, 0.3) is 0 Å². The highest BCUT2D eigenvalue weighted by Gasteiger charge is 2.58. The highest BCUT2D eigenvalue weighted by molar-refractivity contribution is 6.02. The summed E-state index contributed by atoms with van der Waals surface area (Å²) in [7, 11) is 0. The van der Waals surface area contributed by atoms with Crippen molar-refractivity contribution in [3.63, 3.8) is 0 Å². The number of carboxylic acids is 2. The summed E-state index contributed by atoms with van der Waals surface area (Å²) in [5, 5.41) is 18.0. The Morgan fingerprint density at radius 3 is 1.86 bits per heavy atom. The van der Waals surface area contributed by atoms with Crippen molar-refractivity contribution in [3.05, 3.63) is 59.2 Å². The van der Waals surface area contributed by atoms with Crippen molar-refractivity contribution < 1.29 is 50.9 Å². The van der Waals surface area contributed by atoms with E-state index in [0.29, 0.717) is 12.1 Å². The van der Waals surface area contributed by atoms with Gasteiger partial charge in [-0.05, 0) is 24.3 Å². The zero-order chi connectivity index (χ0) is 21.3. The molecule has 5 nitrogen and oxygen atoms in total. The summed E-state index contributed by atoms with van der Waals surface area (Å²) < 4.78 is 83.1. The number of hydrogen-bond acceptors (Lipinski definition) is 3. The predicted molar refractivity (Wildman–Crippen MR) is 81.7 cm³/mol. The lowest BCUT2D eigenvalue weighted by molar-refractivity contribution is -0.253. The summed E-state index contributed by atoms with van der Waals surface area (Å²) in [5.41, 5.74) is -2.59. The summed E-state index contributed by atoms with van der Waals surface area (Å²) in [6.45, 7) is 0. The van der Waals surface area contributed by atoms with Crippen LogP contribution >= 0.6 is 0 Å². The van der Waals surface area contributed by atoms with E-state index in [9.17, 15) is 35.9 Å². The van der Waals surface area contributed by atoms with Gasteiger partial charge in [-0.1, -0.05) is 18.2 Å². The fourth-order valence-corrected chi connectivity index (χ4v) is 2.43. The van der Waals surface area contributed by atoms with Gasteiger partial charge in [-0.25, -0.2) is 9.59 Å². The Labute approximate surface area is 152 Å². The second-order valence-electron chi connectivity index (χ2n) is 5.47. The normalized spacial score (nSPS) is 12.1. The van der Waals surface area contributed by atoms with Gasteiger partial charge in [0.1, 0.15) is 11.5 Å². The predicted octanol–water partition coefficient (Wildman–Crippen LogP) is 5.08. The van der Waals surface area contributed by atoms with Crippen molar-refractivity contribution >= 4 is 11.9 Å². The van der Waals surface area contributed by atoms with Crippen LogP contribution in [0, 0.1) is 0 Å². The molecule has 2 rings (SSSR count). The summed E-state index contributed by atoms with van der Waals surface area (Å²) in [6.07, 6.45) is -11.3. The van der Waals surface area contributed by atoms with E-state index >= 15 is 0 Å². The minimum atomic E-state index is -5.66. The van der Waals surface area contributed by atoms with Gasteiger partial charge in [0.2, 0.25) is 0 Å². The maximum Gasteiger partial charge on any atom is 0.404 e. The Morgan fingerprint density at radius 1 is 0.821 bits per heavy atom. The standard InChI is InChI=1S/C17H10F6O5/c18-16(19,20)13(17(21,22)23)10-3-1-2-4-12(10)28-8-5-6-9(14(24)25)11(7-8)15(26)27/h1-7,13H,(H,24,25)(H,26,27). The molecule has 0 bridgehead atoms. The molecule has 0 radical (unpaired) electrons. The van der Waals surface area contributed by atoms with Crippen LogP contribution in [0.15, 0.2) is 42.5 Å². The van der Waals surface area contributed by atoms with Gasteiger partial charge >= 0.3 is 24.3 Å². The van der Waals surface area contributed by atoms with Crippen molar-refractivity contribution in [1.29, 1.82) is 0 Å². The molecular formula is C17H10F6O5. The Balaban J connectivity index is 2.54. The topological polar surface area (TPSA) is 83.8 Å². The van der Waals surface area contributed by atoms with Crippen LogP contribution in [-0.2, 0) is 0 Å². The van der Waals surface area contributed by atoms with Crippen molar-refractivity contribution in [1.82, 2.24) is 0 Å². The molecule has 0 aromatic heterocycles. The van der Waals surface area contributed by atoms with Gasteiger partial charge in [0.15, 0.2) is 5.92 Å². The quantitative estimate of drug-likeness (QED) is 0.674. The number of alkyl halides is 6. The second-order valence-corrected chi connectivity index (χ2v) is 5.47. The second kappa shape index (κ2) is 7.41. The zero-order valence-corrected chi connectivity index (χ0v) is 13.5. The Kier molecular flexibility index (Phi) is 5.57. The molecule has 0 amide bonds. The molecule has 0 unspecified atom stereocenters. The van der Waals surface area contributed by atoms with Crippen LogP contribution in [0.2, 0.25) is 0 Å². The highest BCUT2D eigenvalue weighted by Crippen LogP contribution is 2.49. The molecule has 0 aliphatic carbocycles. The van der Waals surface area contributed by atoms with Crippen molar-refractivity contribution in [3.8, 4) is 11.5 Å². The molecule has 0 aliphatic rings. The zero-order valence-electron chi connectivity index (χ0n) is 13.5. The number of halogens is 6. The van der Waals surface area contributed by atoms with Gasteiger partial charge in [0, 0.05) is 5.56 Å². The molecular weight excluding hydrogens is 398 g/mol. The molecule has 0 atom stereocenters. The summed E-state index contributed by atoms with van der Waals surface area (Å²) in [6, 6.07) is 5.96. The van der Waals surface area contributed by atoms with Crippen LogP contribution in [0.5, 0.6) is 11.5 Å². The Bertz CT molecular complexity index is 890. The van der Waals surface area contributed by atoms with Crippen LogP contribution in [0.4, 0.5) is 26.3 Å². The molecule has 150 valence electrons. The van der Waals surface area contributed by atoms with Gasteiger partial charge in [-0.15, -0.1) is 0 Å². The molecule has 0 fully saturated rings. The first kappa shape index (κ1) is 21.1. The molecule has 28 heavy (non-hydrogen) atoms. The van der Waals surface area contributed by atoms with E-state index < -0.39 is 58.4 Å². The average molecular weight is 408 g/mol. The van der Waals surface area contributed by atoms with Crippen LogP contribution < -0.4 is 4.74 Å². The molecule has 0 saturated heterocycles. The van der Waals surface area contributed by atoms with E-state index in [2.05, 4.69) is 0 Å². The van der Waals surface area contributed by atoms with Gasteiger partial charge in [-0.3, -0.25) is 0 Å². The van der Waals surface area contributed by atoms with E-state index in [1.165, 1.54) is 0 Å². The minimum Gasteiger partial charge on any atom is -0.478 e. The molecule has 0 saturated carbocycles. The van der Waals surface area contributed by atoms with Crippen molar-refractivity contribution in [2.75, 3.05) is 0 Å². The van der Waals surface area contributed by atoms with E-state index in [0.717, 1.165) is 30.3 Å². The van der Waals surface area contributed by atoms with Crippen LogP contribution in [-0.4, -0.2) is 34.5 Å². The molecule has 0 heterocycles. The molecule has 0 aliphatic heterocycles.